The summed E-state index contributed by atoms with van der Waals surface area (Å²) < 4.78 is 0. The van der Waals surface area contributed by atoms with Gasteiger partial charge in [-0.2, -0.15) is 0 Å². The summed E-state index contributed by atoms with van der Waals surface area (Å²) in [5, 5.41) is 8.54. The number of halogens is 1. The highest BCUT2D eigenvalue weighted by Crippen LogP contribution is 1.95. The lowest BCUT2D eigenvalue weighted by Gasteiger charge is -2.03. The van der Waals surface area contributed by atoms with E-state index in [0.29, 0.717) is 0 Å². The number of hydrogen-bond acceptors (Lipinski definition) is 2. The third kappa shape index (κ3) is 9.95. The lowest BCUT2D eigenvalue weighted by molar-refractivity contribution is 0.260. The van der Waals surface area contributed by atoms with Crippen LogP contribution in [0.25, 0.3) is 0 Å². The van der Waals surface area contributed by atoms with Gasteiger partial charge in [0.05, 0.1) is 6.61 Å². The van der Waals surface area contributed by atoms with Gasteiger partial charge in [0, 0.05) is 6.04 Å². The maximum absolute atomic E-state index is 8.54. The smallest absolute Gasteiger partial charge is 0.0582 e. The minimum absolute atomic E-state index is 0. The summed E-state index contributed by atoms with van der Waals surface area (Å²) in [6, 6.07) is -0.0403. The first-order valence-corrected chi connectivity index (χ1v) is 3.82. The summed E-state index contributed by atoms with van der Waals surface area (Å²) in [6.07, 6.45) is 7.16. The molecule has 0 aliphatic carbocycles. The molecular formula is C8H18ClNO. The first kappa shape index (κ1) is 13.5. The van der Waals surface area contributed by atoms with Crippen LogP contribution in [0, 0.1) is 0 Å². The van der Waals surface area contributed by atoms with Gasteiger partial charge in [-0.3, -0.25) is 0 Å². The zero-order chi connectivity index (χ0) is 7.82. The van der Waals surface area contributed by atoms with E-state index < -0.39 is 0 Å². The highest BCUT2D eigenvalue weighted by molar-refractivity contribution is 5.85. The standard InChI is InChI=1S/C8H17NO.ClH/c1-2-3-4-5-6-8(9)7-10;/h3-4,8,10H,2,5-7,9H2,1H3;1H/b4-3-;. The van der Waals surface area contributed by atoms with Gasteiger partial charge in [-0.15, -0.1) is 12.4 Å². The number of hydrogen-bond donors (Lipinski definition) is 2. The van der Waals surface area contributed by atoms with Crippen molar-refractivity contribution in [3.63, 3.8) is 0 Å². The lowest BCUT2D eigenvalue weighted by Crippen LogP contribution is -2.23. The van der Waals surface area contributed by atoms with Gasteiger partial charge < -0.3 is 10.8 Å². The first-order valence-electron chi connectivity index (χ1n) is 3.82. The van der Waals surface area contributed by atoms with Crippen molar-refractivity contribution in [1.82, 2.24) is 0 Å². The molecule has 0 radical (unpaired) electrons. The minimum Gasteiger partial charge on any atom is -0.395 e. The molecule has 3 N–H and O–H groups in total. The van der Waals surface area contributed by atoms with E-state index >= 15 is 0 Å². The molecule has 0 aromatic rings. The average molecular weight is 180 g/mol. The Morgan fingerprint density at radius 3 is 2.55 bits per heavy atom. The minimum atomic E-state index is -0.0403. The molecule has 68 valence electrons. The SMILES string of the molecule is CC/C=C\CCC(N)CO.Cl. The van der Waals surface area contributed by atoms with Gasteiger partial charge in [-0.25, -0.2) is 0 Å². The monoisotopic (exact) mass is 179 g/mol. The van der Waals surface area contributed by atoms with Crippen LogP contribution in [0.2, 0.25) is 0 Å². The van der Waals surface area contributed by atoms with Crippen LogP contribution in [0.3, 0.4) is 0 Å². The van der Waals surface area contributed by atoms with Gasteiger partial charge in [0.1, 0.15) is 0 Å². The Hall–Kier alpha value is -0.0500. The fourth-order valence-electron chi connectivity index (χ4n) is 0.686. The second-order valence-electron chi connectivity index (χ2n) is 2.40. The molecule has 0 fully saturated rings. The van der Waals surface area contributed by atoms with Crippen molar-refractivity contribution in [2.75, 3.05) is 6.61 Å². The van der Waals surface area contributed by atoms with E-state index in [2.05, 4.69) is 19.1 Å². The maximum atomic E-state index is 8.54. The zero-order valence-electron chi connectivity index (χ0n) is 6.99. The average Bonchev–Trinajstić information content (AvgIpc) is 1.98. The normalized spacial score (nSPS) is 13.0. The molecule has 0 aromatic heterocycles. The Kier molecular flexibility index (Phi) is 12.2. The highest BCUT2D eigenvalue weighted by Gasteiger charge is 1.95. The quantitative estimate of drug-likeness (QED) is 0.628. The largest absolute Gasteiger partial charge is 0.395 e. The van der Waals surface area contributed by atoms with Crippen molar-refractivity contribution in [1.29, 1.82) is 0 Å². The van der Waals surface area contributed by atoms with E-state index in [1.807, 2.05) is 0 Å². The predicted molar refractivity (Wildman–Crippen MR) is 51.0 cm³/mol. The summed E-state index contributed by atoms with van der Waals surface area (Å²) >= 11 is 0. The van der Waals surface area contributed by atoms with Crippen LogP contribution in [0.1, 0.15) is 26.2 Å². The molecule has 1 atom stereocenters. The Balaban J connectivity index is 0. The van der Waals surface area contributed by atoms with Crippen molar-refractivity contribution in [2.45, 2.75) is 32.2 Å². The molecule has 0 heterocycles. The van der Waals surface area contributed by atoms with Crippen molar-refractivity contribution < 1.29 is 5.11 Å². The molecule has 0 aliphatic rings. The molecule has 1 unspecified atom stereocenters. The van der Waals surface area contributed by atoms with Gasteiger partial charge in [0.15, 0.2) is 0 Å². The van der Waals surface area contributed by atoms with Gasteiger partial charge in [-0.1, -0.05) is 19.1 Å². The topological polar surface area (TPSA) is 46.2 Å². The second-order valence-corrected chi connectivity index (χ2v) is 2.40. The Labute approximate surface area is 74.9 Å². The molecule has 0 spiro atoms. The molecule has 2 nitrogen and oxygen atoms in total. The second kappa shape index (κ2) is 9.95. The summed E-state index contributed by atoms with van der Waals surface area (Å²) in [4.78, 5) is 0. The van der Waals surface area contributed by atoms with E-state index in [1.54, 1.807) is 0 Å². The molecule has 0 bridgehead atoms. The van der Waals surface area contributed by atoms with E-state index in [1.165, 1.54) is 0 Å². The fourth-order valence-corrected chi connectivity index (χ4v) is 0.686. The number of allylic oxidation sites excluding steroid dienone is 2. The van der Waals surface area contributed by atoms with Gasteiger partial charge in [0.2, 0.25) is 0 Å². The van der Waals surface area contributed by atoms with Crippen molar-refractivity contribution in [2.24, 2.45) is 5.73 Å². The molecule has 0 aromatic carbocycles. The predicted octanol–water partition coefficient (Wildman–Crippen LogP) is 1.47. The molecule has 0 amide bonds. The Morgan fingerprint density at radius 1 is 1.45 bits per heavy atom. The Morgan fingerprint density at radius 2 is 2.09 bits per heavy atom. The van der Waals surface area contributed by atoms with E-state index in [9.17, 15) is 0 Å². The van der Waals surface area contributed by atoms with Crippen molar-refractivity contribution >= 4 is 12.4 Å². The summed E-state index contributed by atoms with van der Waals surface area (Å²) in [5.74, 6) is 0. The third-order valence-corrected chi connectivity index (χ3v) is 1.34. The van der Waals surface area contributed by atoms with Crippen LogP contribution in [0.15, 0.2) is 12.2 Å². The van der Waals surface area contributed by atoms with Crippen LogP contribution in [0.4, 0.5) is 0 Å². The van der Waals surface area contributed by atoms with Crippen LogP contribution in [-0.4, -0.2) is 17.8 Å². The van der Waals surface area contributed by atoms with E-state index in [-0.39, 0.29) is 25.1 Å². The zero-order valence-corrected chi connectivity index (χ0v) is 7.81. The number of nitrogens with two attached hydrogens (primary N) is 1. The molecule has 0 rings (SSSR count). The fraction of sp³-hybridized carbons (Fsp3) is 0.750. The summed E-state index contributed by atoms with van der Waals surface area (Å²) in [7, 11) is 0. The van der Waals surface area contributed by atoms with E-state index in [0.717, 1.165) is 19.3 Å². The van der Waals surface area contributed by atoms with E-state index in [4.69, 9.17) is 10.8 Å². The molecule has 0 saturated heterocycles. The Bertz CT molecular complexity index is 96.1. The van der Waals surface area contributed by atoms with Crippen LogP contribution >= 0.6 is 12.4 Å². The maximum Gasteiger partial charge on any atom is 0.0582 e. The molecule has 11 heavy (non-hydrogen) atoms. The van der Waals surface area contributed by atoms with Gasteiger partial charge in [-0.05, 0) is 19.3 Å². The van der Waals surface area contributed by atoms with Crippen LogP contribution < -0.4 is 5.73 Å². The molecule has 0 aliphatic heterocycles. The number of aliphatic hydroxyl groups is 1. The van der Waals surface area contributed by atoms with Crippen molar-refractivity contribution in [3.8, 4) is 0 Å². The third-order valence-electron chi connectivity index (χ3n) is 1.34. The van der Waals surface area contributed by atoms with Crippen molar-refractivity contribution in [3.05, 3.63) is 12.2 Å². The number of rotatable bonds is 5. The first-order chi connectivity index (χ1) is 4.81. The van der Waals surface area contributed by atoms with Gasteiger partial charge >= 0.3 is 0 Å². The highest BCUT2D eigenvalue weighted by atomic mass is 35.5. The van der Waals surface area contributed by atoms with Gasteiger partial charge in [0.25, 0.3) is 0 Å². The number of aliphatic hydroxyl groups excluding tert-OH is 1. The molecule has 0 saturated carbocycles. The molecule has 3 heteroatoms. The van der Waals surface area contributed by atoms with Crippen LogP contribution in [0.5, 0.6) is 0 Å². The molecular weight excluding hydrogens is 162 g/mol. The summed E-state index contributed by atoms with van der Waals surface area (Å²) in [6.45, 7) is 2.20. The van der Waals surface area contributed by atoms with Crippen LogP contribution in [-0.2, 0) is 0 Å². The summed E-state index contributed by atoms with van der Waals surface area (Å²) in [5.41, 5.74) is 5.47. The lowest BCUT2D eigenvalue weighted by atomic mass is 10.2.